The number of aromatic nitrogens is 2. The van der Waals surface area contributed by atoms with Crippen molar-refractivity contribution in [2.24, 2.45) is 0 Å². The smallest absolute Gasteiger partial charge is 0.255 e. The molecule has 124 valence electrons. The molecule has 4 heterocycles. The SMILES string of the molecule is O=C(c1cccnc1)N1CC[C@]2(C[C@@H](Oc3cccnc3)CO2)C1. The maximum atomic E-state index is 12.6. The second-order valence-electron chi connectivity index (χ2n) is 6.35. The van der Waals surface area contributed by atoms with Crippen LogP contribution in [0.25, 0.3) is 0 Å². The van der Waals surface area contributed by atoms with Crippen LogP contribution in [0.2, 0.25) is 0 Å². The molecule has 0 unspecified atom stereocenters. The average Bonchev–Trinajstić information content (AvgIpc) is 3.23. The van der Waals surface area contributed by atoms with Crippen molar-refractivity contribution in [3.05, 3.63) is 54.6 Å². The van der Waals surface area contributed by atoms with E-state index in [1.54, 1.807) is 36.9 Å². The Bertz CT molecular complexity index is 710. The molecule has 4 rings (SSSR count). The van der Waals surface area contributed by atoms with Crippen molar-refractivity contribution < 1.29 is 14.3 Å². The molecule has 6 nitrogen and oxygen atoms in total. The second kappa shape index (κ2) is 6.20. The van der Waals surface area contributed by atoms with Crippen LogP contribution >= 0.6 is 0 Å². The molecule has 0 saturated carbocycles. The fraction of sp³-hybridized carbons (Fsp3) is 0.389. The van der Waals surface area contributed by atoms with Gasteiger partial charge in [-0.15, -0.1) is 0 Å². The fourth-order valence-corrected chi connectivity index (χ4v) is 3.46. The number of carbonyl (C=O) groups is 1. The third kappa shape index (κ3) is 2.97. The molecule has 2 aromatic rings. The minimum Gasteiger partial charge on any atom is -0.486 e. The largest absolute Gasteiger partial charge is 0.486 e. The van der Waals surface area contributed by atoms with Crippen molar-refractivity contribution in [3.63, 3.8) is 0 Å². The van der Waals surface area contributed by atoms with Gasteiger partial charge >= 0.3 is 0 Å². The van der Waals surface area contributed by atoms with Crippen LogP contribution < -0.4 is 4.74 Å². The zero-order valence-electron chi connectivity index (χ0n) is 13.3. The first kappa shape index (κ1) is 15.1. The van der Waals surface area contributed by atoms with Crippen molar-refractivity contribution in [1.29, 1.82) is 0 Å². The van der Waals surface area contributed by atoms with Crippen LogP contribution in [0.1, 0.15) is 23.2 Å². The Labute approximate surface area is 140 Å². The van der Waals surface area contributed by atoms with Crippen LogP contribution in [0.5, 0.6) is 5.75 Å². The number of likely N-dealkylation sites (tertiary alicyclic amines) is 1. The second-order valence-corrected chi connectivity index (χ2v) is 6.35. The molecule has 2 aromatic heterocycles. The summed E-state index contributed by atoms with van der Waals surface area (Å²) in [6.07, 6.45) is 8.34. The summed E-state index contributed by atoms with van der Waals surface area (Å²) in [4.78, 5) is 22.5. The van der Waals surface area contributed by atoms with Gasteiger partial charge in [-0.1, -0.05) is 0 Å². The van der Waals surface area contributed by atoms with Crippen LogP contribution in [0.15, 0.2) is 49.1 Å². The maximum Gasteiger partial charge on any atom is 0.255 e. The summed E-state index contributed by atoms with van der Waals surface area (Å²) in [5.41, 5.74) is 0.334. The monoisotopic (exact) mass is 325 g/mol. The lowest BCUT2D eigenvalue weighted by Gasteiger charge is -2.23. The van der Waals surface area contributed by atoms with Crippen molar-refractivity contribution in [2.45, 2.75) is 24.5 Å². The molecule has 0 aromatic carbocycles. The Morgan fingerprint density at radius 2 is 2.08 bits per heavy atom. The standard InChI is InChI=1S/C18H19N3O3/c22-17(14-3-1-6-19-10-14)21-8-5-18(13-21)9-16(12-23-18)24-15-4-2-7-20-11-15/h1-4,6-7,10-11,16H,5,8-9,12-13H2/t16-,18+/m1/s1. The number of rotatable bonds is 3. The Morgan fingerprint density at radius 3 is 2.83 bits per heavy atom. The quantitative estimate of drug-likeness (QED) is 0.863. The lowest BCUT2D eigenvalue weighted by atomic mass is 9.98. The number of pyridine rings is 2. The van der Waals surface area contributed by atoms with Gasteiger partial charge < -0.3 is 14.4 Å². The van der Waals surface area contributed by atoms with E-state index in [1.807, 2.05) is 17.0 Å². The summed E-state index contributed by atoms with van der Waals surface area (Å²) in [5, 5.41) is 0. The summed E-state index contributed by atoms with van der Waals surface area (Å²) in [6.45, 7) is 1.85. The Hall–Kier alpha value is -2.47. The molecule has 1 spiro atoms. The molecule has 6 heteroatoms. The predicted molar refractivity (Wildman–Crippen MR) is 86.7 cm³/mol. The summed E-state index contributed by atoms with van der Waals surface area (Å²) in [7, 11) is 0. The number of carbonyl (C=O) groups excluding carboxylic acids is 1. The molecule has 24 heavy (non-hydrogen) atoms. The first-order chi connectivity index (χ1) is 11.7. The Kier molecular flexibility index (Phi) is 3.90. The van der Waals surface area contributed by atoms with E-state index in [2.05, 4.69) is 9.97 Å². The van der Waals surface area contributed by atoms with Crippen molar-refractivity contribution in [2.75, 3.05) is 19.7 Å². The molecule has 2 saturated heterocycles. The molecule has 1 amide bonds. The lowest BCUT2D eigenvalue weighted by Crippen LogP contribution is -2.36. The zero-order chi connectivity index (χ0) is 16.4. The number of ether oxygens (including phenoxy) is 2. The van der Waals surface area contributed by atoms with Gasteiger partial charge in [0.05, 0.1) is 30.5 Å². The van der Waals surface area contributed by atoms with Gasteiger partial charge in [0.25, 0.3) is 5.91 Å². The number of hydrogen-bond donors (Lipinski definition) is 0. The van der Waals surface area contributed by atoms with E-state index >= 15 is 0 Å². The molecule has 2 aliphatic heterocycles. The highest BCUT2D eigenvalue weighted by Crippen LogP contribution is 2.37. The van der Waals surface area contributed by atoms with Crippen LogP contribution in [0.4, 0.5) is 0 Å². The van der Waals surface area contributed by atoms with Crippen LogP contribution in [0.3, 0.4) is 0 Å². The molecule has 2 aliphatic rings. The Balaban J connectivity index is 1.39. The van der Waals surface area contributed by atoms with Crippen molar-refractivity contribution >= 4 is 5.91 Å². The van der Waals surface area contributed by atoms with Gasteiger partial charge in [0.1, 0.15) is 11.9 Å². The van der Waals surface area contributed by atoms with Crippen LogP contribution in [-0.2, 0) is 4.74 Å². The topological polar surface area (TPSA) is 64.6 Å². The highest BCUT2D eigenvalue weighted by Gasteiger charge is 2.47. The van der Waals surface area contributed by atoms with Crippen LogP contribution in [0, 0.1) is 0 Å². The van der Waals surface area contributed by atoms with Gasteiger partial charge in [-0.25, -0.2) is 0 Å². The first-order valence-electron chi connectivity index (χ1n) is 8.14. The predicted octanol–water partition coefficient (Wildman–Crippen LogP) is 1.93. The van der Waals surface area contributed by atoms with E-state index in [9.17, 15) is 4.79 Å². The molecular formula is C18H19N3O3. The summed E-state index contributed by atoms with van der Waals surface area (Å²) in [6, 6.07) is 7.32. The summed E-state index contributed by atoms with van der Waals surface area (Å²) in [5.74, 6) is 0.768. The lowest BCUT2D eigenvalue weighted by molar-refractivity contribution is 0.00994. The van der Waals surface area contributed by atoms with E-state index in [1.165, 1.54) is 0 Å². The molecular weight excluding hydrogens is 306 g/mol. The summed E-state index contributed by atoms with van der Waals surface area (Å²) < 4.78 is 12.0. The number of hydrogen-bond acceptors (Lipinski definition) is 5. The van der Waals surface area contributed by atoms with Gasteiger partial charge in [0, 0.05) is 31.6 Å². The minimum atomic E-state index is -0.287. The van der Waals surface area contributed by atoms with Gasteiger partial charge in [0.2, 0.25) is 0 Å². The molecule has 2 atom stereocenters. The highest BCUT2D eigenvalue weighted by atomic mass is 16.6. The normalized spacial score (nSPS) is 26.0. The number of amides is 1. The van der Waals surface area contributed by atoms with E-state index < -0.39 is 0 Å². The third-order valence-electron chi connectivity index (χ3n) is 4.62. The van der Waals surface area contributed by atoms with E-state index in [4.69, 9.17) is 9.47 Å². The van der Waals surface area contributed by atoms with Gasteiger partial charge in [0.15, 0.2) is 0 Å². The molecule has 0 N–H and O–H groups in total. The fourth-order valence-electron chi connectivity index (χ4n) is 3.46. The summed E-state index contributed by atoms with van der Waals surface area (Å²) >= 11 is 0. The first-order valence-corrected chi connectivity index (χ1v) is 8.14. The molecule has 0 aliphatic carbocycles. The average molecular weight is 325 g/mol. The van der Waals surface area contributed by atoms with Gasteiger partial charge in [-0.2, -0.15) is 0 Å². The van der Waals surface area contributed by atoms with E-state index in [0.29, 0.717) is 25.3 Å². The van der Waals surface area contributed by atoms with Gasteiger partial charge in [-0.3, -0.25) is 14.8 Å². The Morgan fingerprint density at radius 1 is 1.25 bits per heavy atom. The third-order valence-corrected chi connectivity index (χ3v) is 4.62. The maximum absolute atomic E-state index is 12.6. The van der Waals surface area contributed by atoms with E-state index in [0.717, 1.165) is 18.6 Å². The molecule has 0 radical (unpaired) electrons. The minimum absolute atomic E-state index is 0.00245. The van der Waals surface area contributed by atoms with Crippen molar-refractivity contribution in [3.8, 4) is 5.75 Å². The number of nitrogens with zero attached hydrogens (tertiary/aromatic N) is 3. The zero-order valence-corrected chi connectivity index (χ0v) is 13.3. The van der Waals surface area contributed by atoms with E-state index in [-0.39, 0.29) is 17.6 Å². The highest BCUT2D eigenvalue weighted by molar-refractivity contribution is 5.94. The van der Waals surface area contributed by atoms with Crippen LogP contribution in [-0.4, -0.2) is 52.2 Å². The van der Waals surface area contributed by atoms with Crippen molar-refractivity contribution in [1.82, 2.24) is 14.9 Å². The van der Waals surface area contributed by atoms with Gasteiger partial charge in [-0.05, 0) is 30.7 Å². The molecule has 0 bridgehead atoms. The molecule has 2 fully saturated rings.